The molecule has 0 aromatic carbocycles. The van der Waals surface area contributed by atoms with Gasteiger partial charge in [-0.2, -0.15) is 5.26 Å². The Morgan fingerprint density at radius 3 is 2.59 bits per heavy atom. The summed E-state index contributed by atoms with van der Waals surface area (Å²) in [7, 11) is 2.06. The van der Waals surface area contributed by atoms with E-state index in [1.165, 1.54) is 21.1 Å². The number of carbonyl (C=O) groups excluding carboxylic acids is 2. The van der Waals surface area contributed by atoms with Crippen molar-refractivity contribution >= 4 is 28.3 Å². The standard InChI is InChI=1S/C23H36N6O2S/c1-5-28(6-2)9-8-26-23(31)29(7-3)22(30)16-10-15-11-17-18(13-24)21(25)32-20(17)12-19(15)27(4)14-16/h15-16,19H,5-12,14,25H2,1-4H3,(H,26,31)/t15-,16-,19-/m1/s1. The summed E-state index contributed by atoms with van der Waals surface area (Å²) >= 11 is 1.53. The first-order valence-corrected chi connectivity index (χ1v) is 12.5. The molecule has 2 aliphatic rings. The molecule has 0 radical (unpaired) electrons. The lowest BCUT2D eigenvalue weighted by Crippen LogP contribution is -2.55. The van der Waals surface area contributed by atoms with Gasteiger partial charge in [-0.1, -0.05) is 13.8 Å². The Kier molecular flexibility index (Phi) is 8.15. The Morgan fingerprint density at radius 1 is 1.25 bits per heavy atom. The van der Waals surface area contributed by atoms with E-state index in [1.54, 1.807) is 0 Å². The van der Waals surface area contributed by atoms with E-state index in [4.69, 9.17) is 5.73 Å². The molecule has 1 aliphatic heterocycles. The van der Waals surface area contributed by atoms with Gasteiger partial charge < -0.3 is 20.9 Å². The average molecular weight is 461 g/mol. The molecule has 3 atom stereocenters. The van der Waals surface area contributed by atoms with Crippen LogP contribution in [0, 0.1) is 23.2 Å². The normalized spacial score (nSPS) is 22.7. The van der Waals surface area contributed by atoms with Crippen molar-refractivity contribution in [1.29, 1.82) is 5.26 Å². The summed E-state index contributed by atoms with van der Waals surface area (Å²) in [6, 6.07) is 2.30. The molecule has 32 heavy (non-hydrogen) atoms. The lowest BCUT2D eigenvalue weighted by Gasteiger charge is -2.45. The largest absolute Gasteiger partial charge is 0.389 e. The molecule has 3 rings (SSSR count). The molecular weight excluding hydrogens is 424 g/mol. The molecule has 3 N–H and O–H groups in total. The Balaban J connectivity index is 1.66. The summed E-state index contributed by atoms with van der Waals surface area (Å²) < 4.78 is 0. The highest BCUT2D eigenvalue weighted by Crippen LogP contribution is 2.42. The fraction of sp³-hybridized carbons (Fsp3) is 0.696. The smallest absolute Gasteiger partial charge is 0.324 e. The number of hydrogen-bond acceptors (Lipinski definition) is 7. The van der Waals surface area contributed by atoms with Gasteiger partial charge in [0.2, 0.25) is 5.91 Å². The SMILES string of the molecule is CCN(CC)CCNC(=O)N(CC)C(=O)[C@@H]1C[C@@H]2Cc3c(sc(N)c3C#N)C[C@H]2N(C)C1. The van der Waals surface area contributed by atoms with Crippen molar-refractivity contribution in [2.45, 2.75) is 46.1 Å². The molecule has 8 nitrogen and oxygen atoms in total. The number of likely N-dealkylation sites (N-methyl/N-ethyl adjacent to an activating group) is 2. The summed E-state index contributed by atoms with van der Waals surface area (Å²) in [4.78, 5) is 33.1. The van der Waals surface area contributed by atoms with Crippen molar-refractivity contribution in [3.8, 4) is 6.07 Å². The monoisotopic (exact) mass is 460 g/mol. The second-order valence-corrected chi connectivity index (χ2v) is 9.94. The molecule has 9 heteroatoms. The number of amides is 3. The highest BCUT2D eigenvalue weighted by molar-refractivity contribution is 7.16. The van der Waals surface area contributed by atoms with Gasteiger partial charge in [-0.25, -0.2) is 4.79 Å². The van der Waals surface area contributed by atoms with Crippen LogP contribution in [-0.4, -0.2) is 79.0 Å². The van der Waals surface area contributed by atoms with E-state index in [0.717, 1.165) is 44.5 Å². The van der Waals surface area contributed by atoms with Crippen LogP contribution in [0.4, 0.5) is 9.80 Å². The zero-order chi connectivity index (χ0) is 23.4. The molecular formula is C23H36N6O2S. The second kappa shape index (κ2) is 10.6. The summed E-state index contributed by atoms with van der Waals surface area (Å²) in [5.41, 5.74) is 7.75. The van der Waals surface area contributed by atoms with Gasteiger partial charge in [0.05, 0.1) is 11.5 Å². The maximum atomic E-state index is 13.3. The van der Waals surface area contributed by atoms with Gasteiger partial charge in [-0.15, -0.1) is 11.3 Å². The number of nitriles is 1. The first-order valence-electron chi connectivity index (χ1n) is 11.7. The van der Waals surface area contributed by atoms with E-state index in [-0.39, 0.29) is 23.8 Å². The Bertz CT molecular complexity index is 875. The maximum absolute atomic E-state index is 13.3. The minimum Gasteiger partial charge on any atom is -0.389 e. The first-order chi connectivity index (χ1) is 15.3. The molecule has 2 heterocycles. The topological polar surface area (TPSA) is 106 Å². The van der Waals surface area contributed by atoms with E-state index in [0.29, 0.717) is 36.2 Å². The van der Waals surface area contributed by atoms with Crippen LogP contribution in [0.2, 0.25) is 0 Å². The highest BCUT2D eigenvalue weighted by Gasteiger charge is 2.43. The number of thiophene rings is 1. The van der Waals surface area contributed by atoms with E-state index >= 15 is 0 Å². The van der Waals surface area contributed by atoms with Gasteiger partial charge in [0.25, 0.3) is 0 Å². The van der Waals surface area contributed by atoms with Crippen molar-refractivity contribution in [1.82, 2.24) is 20.0 Å². The summed E-state index contributed by atoms with van der Waals surface area (Å²) in [6.07, 6.45) is 2.38. The van der Waals surface area contributed by atoms with Gasteiger partial charge in [0.15, 0.2) is 0 Å². The minimum absolute atomic E-state index is 0.103. The van der Waals surface area contributed by atoms with Crippen molar-refractivity contribution in [2.75, 3.05) is 52.0 Å². The Labute approximate surface area is 195 Å². The van der Waals surface area contributed by atoms with E-state index in [1.807, 2.05) is 6.92 Å². The number of piperidine rings is 1. The van der Waals surface area contributed by atoms with Crippen molar-refractivity contribution in [2.24, 2.45) is 11.8 Å². The van der Waals surface area contributed by atoms with Crippen LogP contribution >= 0.6 is 11.3 Å². The number of likely N-dealkylation sites (tertiary alicyclic amines) is 1. The number of nitrogens with zero attached hydrogens (tertiary/aromatic N) is 4. The van der Waals surface area contributed by atoms with E-state index < -0.39 is 0 Å². The summed E-state index contributed by atoms with van der Waals surface area (Å²) in [5, 5.41) is 13.0. The quantitative estimate of drug-likeness (QED) is 0.646. The van der Waals surface area contributed by atoms with Crippen LogP contribution in [0.3, 0.4) is 0 Å². The van der Waals surface area contributed by atoms with Crippen LogP contribution in [0.15, 0.2) is 0 Å². The molecule has 3 amide bonds. The Morgan fingerprint density at radius 2 is 1.97 bits per heavy atom. The number of fused-ring (bicyclic) bond motifs is 2. The molecule has 1 fully saturated rings. The number of urea groups is 1. The van der Waals surface area contributed by atoms with Gasteiger partial charge in [0, 0.05) is 37.1 Å². The predicted molar refractivity (Wildman–Crippen MR) is 127 cm³/mol. The van der Waals surface area contributed by atoms with Crippen molar-refractivity contribution < 1.29 is 9.59 Å². The van der Waals surface area contributed by atoms with E-state index in [2.05, 4.69) is 42.1 Å². The number of imide groups is 1. The molecule has 1 saturated heterocycles. The van der Waals surface area contributed by atoms with Crippen molar-refractivity contribution in [3.05, 3.63) is 16.0 Å². The summed E-state index contributed by atoms with van der Waals surface area (Å²) in [5.74, 6) is -0.0483. The van der Waals surface area contributed by atoms with Gasteiger partial charge >= 0.3 is 6.03 Å². The van der Waals surface area contributed by atoms with Gasteiger partial charge in [0.1, 0.15) is 11.1 Å². The molecule has 0 spiro atoms. The lowest BCUT2D eigenvalue weighted by molar-refractivity contribution is -0.135. The van der Waals surface area contributed by atoms with Crippen LogP contribution in [0.25, 0.3) is 0 Å². The number of nitrogens with one attached hydrogen (secondary N) is 1. The predicted octanol–water partition coefficient (Wildman–Crippen LogP) is 2.14. The average Bonchev–Trinajstić information content (AvgIpc) is 3.09. The number of carbonyl (C=O) groups is 2. The molecule has 176 valence electrons. The Hall–Kier alpha value is -2.15. The third-order valence-corrected chi connectivity index (χ3v) is 8.16. The van der Waals surface area contributed by atoms with Gasteiger partial charge in [-0.3, -0.25) is 9.69 Å². The van der Waals surface area contributed by atoms with Crippen LogP contribution < -0.4 is 11.1 Å². The molecule has 0 saturated carbocycles. The zero-order valence-corrected chi connectivity index (χ0v) is 20.5. The molecule has 0 bridgehead atoms. The molecule has 1 aromatic heterocycles. The van der Waals surface area contributed by atoms with E-state index in [9.17, 15) is 14.9 Å². The highest BCUT2D eigenvalue weighted by atomic mass is 32.1. The second-order valence-electron chi connectivity index (χ2n) is 8.80. The number of nitrogens with two attached hydrogens (primary N) is 1. The van der Waals surface area contributed by atoms with Crippen LogP contribution in [-0.2, 0) is 17.6 Å². The summed E-state index contributed by atoms with van der Waals surface area (Å²) in [6.45, 7) is 10.2. The first kappa shape index (κ1) is 24.5. The molecule has 1 aliphatic carbocycles. The fourth-order valence-electron chi connectivity index (χ4n) is 5.23. The minimum atomic E-state index is -0.308. The van der Waals surface area contributed by atoms with Crippen molar-refractivity contribution in [3.63, 3.8) is 0 Å². The number of rotatable bonds is 7. The zero-order valence-electron chi connectivity index (χ0n) is 19.7. The van der Waals surface area contributed by atoms with Crippen LogP contribution in [0.1, 0.15) is 43.2 Å². The maximum Gasteiger partial charge on any atom is 0.324 e. The molecule has 1 aromatic rings. The number of hydrogen-bond donors (Lipinski definition) is 2. The third-order valence-electron chi connectivity index (χ3n) is 7.07. The third kappa shape index (κ3) is 4.92. The number of nitrogen functional groups attached to an aromatic ring is 1. The lowest BCUT2D eigenvalue weighted by atomic mass is 9.74. The fourth-order valence-corrected chi connectivity index (χ4v) is 6.32. The van der Waals surface area contributed by atoms with Crippen LogP contribution in [0.5, 0.6) is 0 Å². The van der Waals surface area contributed by atoms with Gasteiger partial charge in [-0.05, 0) is 57.8 Å². The molecule has 0 unspecified atom stereocenters. The number of anilines is 1.